The number of carboxylic acids is 1. The van der Waals surface area contributed by atoms with Gasteiger partial charge in [0, 0.05) is 17.9 Å². The number of phenolic OH excluding ortho intramolecular Hbond substituents is 1. The summed E-state index contributed by atoms with van der Waals surface area (Å²) in [6.07, 6.45) is -5.84. The molecule has 0 radical (unpaired) electrons. The number of carboxylic acid groups (broad SMARTS) is 1. The number of phenols is 1. The van der Waals surface area contributed by atoms with E-state index in [4.69, 9.17) is 18.9 Å². The number of aliphatic hydroxyl groups is 4. The van der Waals surface area contributed by atoms with E-state index in [1.165, 1.54) is 18.2 Å². The van der Waals surface area contributed by atoms with E-state index < -0.39 is 79.4 Å². The number of hydrogen-bond donors (Lipinski definition) is 6. The van der Waals surface area contributed by atoms with Crippen molar-refractivity contribution in [2.24, 2.45) is 17.8 Å². The van der Waals surface area contributed by atoms with Crippen molar-refractivity contribution in [3.8, 4) is 5.75 Å². The molecule has 1 aromatic rings. The summed E-state index contributed by atoms with van der Waals surface area (Å²) in [5.41, 5.74) is 0.631. The van der Waals surface area contributed by atoms with Crippen LogP contribution >= 0.6 is 0 Å². The smallest absolute Gasteiger partial charge is 0.334 e. The van der Waals surface area contributed by atoms with Crippen LogP contribution in [-0.2, 0) is 28.5 Å². The van der Waals surface area contributed by atoms with E-state index in [2.05, 4.69) is 0 Å². The van der Waals surface area contributed by atoms with Gasteiger partial charge in [0.25, 0.3) is 0 Å². The van der Waals surface area contributed by atoms with Gasteiger partial charge in [-0.1, -0.05) is 19.1 Å². The van der Waals surface area contributed by atoms with Crippen molar-refractivity contribution in [3.63, 3.8) is 0 Å². The molecular weight excluding hydrogens is 492 g/mol. The molecule has 3 aliphatic rings. The van der Waals surface area contributed by atoms with Crippen LogP contribution in [-0.4, -0.2) is 92.3 Å². The molecule has 0 unspecified atom stereocenters. The number of benzene rings is 1. The van der Waals surface area contributed by atoms with Gasteiger partial charge in [-0.05, 0) is 36.1 Å². The molecule has 0 aromatic heterocycles. The second-order valence-electron chi connectivity index (χ2n) is 9.43. The molecule has 6 N–H and O–H groups in total. The van der Waals surface area contributed by atoms with E-state index in [9.17, 15) is 40.2 Å². The summed E-state index contributed by atoms with van der Waals surface area (Å²) < 4.78 is 22.0. The molecule has 12 heteroatoms. The molecule has 4 rings (SSSR count). The summed E-state index contributed by atoms with van der Waals surface area (Å²) >= 11 is 0. The Morgan fingerprint density at radius 3 is 2.43 bits per heavy atom. The second-order valence-corrected chi connectivity index (χ2v) is 9.43. The summed E-state index contributed by atoms with van der Waals surface area (Å²) in [6.45, 7) is 1.25. The molecule has 0 bridgehead atoms. The van der Waals surface area contributed by atoms with Crippen LogP contribution in [0, 0.1) is 17.8 Å². The Morgan fingerprint density at radius 2 is 1.76 bits per heavy atom. The number of hydrogen-bond acceptors (Lipinski definition) is 11. The third-order valence-corrected chi connectivity index (χ3v) is 7.10. The predicted octanol–water partition coefficient (Wildman–Crippen LogP) is -0.269. The lowest BCUT2D eigenvalue weighted by atomic mass is 9.83. The Morgan fingerprint density at radius 1 is 1.05 bits per heavy atom. The average Bonchev–Trinajstić information content (AvgIpc) is 3.17. The normalized spacial score (nSPS) is 37.5. The summed E-state index contributed by atoms with van der Waals surface area (Å²) in [5.74, 6) is -3.40. The van der Waals surface area contributed by atoms with Gasteiger partial charge in [0.2, 0.25) is 6.29 Å². The van der Waals surface area contributed by atoms with Gasteiger partial charge in [-0.3, -0.25) is 0 Å². The van der Waals surface area contributed by atoms with Crippen LogP contribution in [0.1, 0.15) is 18.9 Å². The largest absolute Gasteiger partial charge is 0.508 e. The van der Waals surface area contributed by atoms with Gasteiger partial charge in [-0.25, -0.2) is 9.59 Å². The minimum atomic E-state index is -1.70. The van der Waals surface area contributed by atoms with E-state index in [1.54, 1.807) is 19.1 Å². The fourth-order valence-electron chi connectivity index (χ4n) is 4.94. The number of fused-ring (bicyclic) bond motifs is 1. The third-order valence-electron chi connectivity index (χ3n) is 7.10. The van der Waals surface area contributed by atoms with Gasteiger partial charge < -0.3 is 49.6 Å². The molecule has 1 aliphatic carbocycles. The van der Waals surface area contributed by atoms with Gasteiger partial charge >= 0.3 is 11.9 Å². The van der Waals surface area contributed by atoms with Crippen molar-refractivity contribution in [3.05, 3.63) is 47.7 Å². The van der Waals surface area contributed by atoms with Crippen molar-refractivity contribution < 1.29 is 59.2 Å². The molecule has 37 heavy (non-hydrogen) atoms. The van der Waals surface area contributed by atoms with Crippen LogP contribution in [0.25, 0.3) is 6.08 Å². The van der Waals surface area contributed by atoms with Gasteiger partial charge in [0.05, 0.1) is 17.9 Å². The Labute approximate surface area is 212 Å². The third kappa shape index (κ3) is 5.79. The lowest BCUT2D eigenvalue weighted by molar-refractivity contribution is -0.342. The zero-order chi connectivity index (χ0) is 26.9. The quantitative estimate of drug-likeness (QED) is 0.203. The van der Waals surface area contributed by atoms with Gasteiger partial charge in [-0.2, -0.15) is 0 Å². The molecule has 12 nitrogen and oxygen atoms in total. The first-order chi connectivity index (χ1) is 17.6. The molecule has 0 amide bonds. The van der Waals surface area contributed by atoms with Crippen molar-refractivity contribution in [1.82, 2.24) is 0 Å². The Kier molecular flexibility index (Phi) is 8.17. The van der Waals surface area contributed by atoms with E-state index in [0.29, 0.717) is 5.56 Å². The first kappa shape index (κ1) is 27.0. The summed E-state index contributed by atoms with van der Waals surface area (Å²) in [7, 11) is 0. The minimum absolute atomic E-state index is 0.000958. The lowest BCUT2D eigenvalue weighted by Gasteiger charge is -2.43. The number of aromatic hydroxyl groups is 1. The Hall–Kier alpha value is -3.00. The standard InChI is InChI=1S/C25H30O12/c1-11-16(27)8-14-15(23(32)33)9-35-24(19(11)14)37-25-22(31)21(30)20(29)17(36-25)10-34-18(28)7-4-12-2-5-13(26)6-3-12/h2-7,9,11,14,16-17,19-22,24-27,29-31H,8,10H2,1H3,(H,32,33)/b7-4+/t11-,14-,16+,17-,19-,20-,21+,22-,24+,25+/m1/s1. The van der Waals surface area contributed by atoms with Gasteiger partial charge in [-0.15, -0.1) is 0 Å². The summed E-state index contributed by atoms with van der Waals surface area (Å²) in [6, 6.07) is 6.08. The fraction of sp³-hybridized carbons (Fsp3) is 0.520. The predicted molar refractivity (Wildman–Crippen MR) is 123 cm³/mol. The van der Waals surface area contributed by atoms with Crippen LogP contribution in [0.4, 0.5) is 0 Å². The van der Waals surface area contributed by atoms with Gasteiger partial charge in [0.15, 0.2) is 6.29 Å². The molecule has 1 aromatic carbocycles. The molecule has 2 heterocycles. The zero-order valence-electron chi connectivity index (χ0n) is 19.9. The SMILES string of the molecule is C[C@H]1[C@H]2[C@H](O[C@@H]3O[C@H](COC(=O)/C=C/c4ccc(O)cc4)[C@@H](O)[C@H](O)[C@H]3O)OC=C(C(=O)O)[C@H]2C[C@@H]1O. The number of ether oxygens (including phenoxy) is 4. The number of carbonyl (C=O) groups is 2. The van der Waals surface area contributed by atoms with Crippen molar-refractivity contribution in [1.29, 1.82) is 0 Å². The van der Waals surface area contributed by atoms with Crippen LogP contribution in [0.2, 0.25) is 0 Å². The van der Waals surface area contributed by atoms with Crippen LogP contribution in [0.15, 0.2) is 42.2 Å². The average molecular weight is 523 g/mol. The first-order valence-corrected chi connectivity index (χ1v) is 11.8. The number of carbonyl (C=O) groups excluding carboxylic acids is 1. The zero-order valence-corrected chi connectivity index (χ0v) is 19.9. The van der Waals surface area contributed by atoms with E-state index >= 15 is 0 Å². The van der Waals surface area contributed by atoms with Crippen LogP contribution in [0.3, 0.4) is 0 Å². The van der Waals surface area contributed by atoms with Crippen LogP contribution < -0.4 is 0 Å². The summed E-state index contributed by atoms with van der Waals surface area (Å²) in [4.78, 5) is 23.7. The molecule has 10 atom stereocenters. The highest BCUT2D eigenvalue weighted by Gasteiger charge is 2.53. The van der Waals surface area contributed by atoms with Crippen molar-refractivity contribution in [2.45, 2.75) is 56.4 Å². The molecular formula is C25H30O12. The maximum Gasteiger partial charge on any atom is 0.334 e. The number of esters is 1. The van der Waals surface area contributed by atoms with E-state index in [0.717, 1.165) is 12.3 Å². The van der Waals surface area contributed by atoms with Gasteiger partial charge in [0.1, 0.15) is 36.8 Å². The van der Waals surface area contributed by atoms with E-state index in [1.807, 2.05) is 0 Å². The van der Waals surface area contributed by atoms with E-state index in [-0.39, 0.29) is 17.7 Å². The highest BCUT2D eigenvalue weighted by molar-refractivity contribution is 5.87. The molecule has 0 spiro atoms. The Balaban J connectivity index is 1.40. The number of aliphatic hydroxyl groups excluding tert-OH is 4. The number of aliphatic carboxylic acids is 1. The Bertz CT molecular complexity index is 1040. The monoisotopic (exact) mass is 522 g/mol. The number of rotatable bonds is 7. The minimum Gasteiger partial charge on any atom is -0.508 e. The maximum atomic E-state index is 12.1. The second kappa shape index (κ2) is 11.2. The fourth-order valence-corrected chi connectivity index (χ4v) is 4.94. The van der Waals surface area contributed by atoms with Crippen LogP contribution in [0.5, 0.6) is 5.75 Å². The summed E-state index contributed by atoms with van der Waals surface area (Å²) in [5, 5.41) is 60.2. The topological polar surface area (TPSA) is 192 Å². The highest BCUT2D eigenvalue weighted by atomic mass is 16.8. The highest BCUT2D eigenvalue weighted by Crippen LogP contribution is 2.47. The lowest BCUT2D eigenvalue weighted by Crippen LogP contribution is -2.60. The van der Waals surface area contributed by atoms with Crippen molar-refractivity contribution in [2.75, 3.05) is 6.61 Å². The molecule has 2 aliphatic heterocycles. The first-order valence-electron chi connectivity index (χ1n) is 11.8. The molecule has 202 valence electrons. The molecule has 1 saturated carbocycles. The molecule has 1 saturated heterocycles. The maximum absolute atomic E-state index is 12.1. The van der Waals surface area contributed by atoms with Crippen molar-refractivity contribution >= 4 is 18.0 Å². The molecule has 2 fully saturated rings.